The summed E-state index contributed by atoms with van der Waals surface area (Å²) in [5, 5.41) is 10.8. The number of aliphatic hydroxyl groups is 1. The Balaban J connectivity index is 1.12. The third-order valence-corrected chi connectivity index (χ3v) is 7.57. The van der Waals surface area contributed by atoms with Crippen LogP contribution in [0.1, 0.15) is 39.5 Å². The number of Topliss-reactive ketones (excluding diaryl/α,β-unsaturated/α-hetero) is 1. The van der Waals surface area contributed by atoms with Crippen LogP contribution >= 0.6 is 0 Å². The Morgan fingerprint density at radius 3 is 1.90 bits per heavy atom. The second kappa shape index (κ2) is 14.0. The van der Waals surface area contributed by atoms with Crippen LogP contribution in [0.3, 0.4) is 0 Å². The quantitative estimate of drug-likeness (QED) is 0.238. The Kier molecular flexibility index (Phi) is 9.75. The maximum absolute atomic E-state index is 12.9. The number of carbonyl (C=O) groups excluding carboxylic acids is 1. The molecule has 0 radical (unpaired) electrons. The predicted molar refractivity (Wildman–Crippen MR) is 160 cm³/mol. The Morgan fingerprint density at radius 1 is 0.725 bits per heavy atom. The Morgan fingerprint density at radius 2 is 1.27 bits per heavy atom. The van der Waals surface area contributed by atoms with Gasteiger partial charge >= 0.3 is 0 Å². The van der Waals surface area contributed by atoms with E-state index in [-0.39, 0.29) is 18.4 Å². The van der Waals surface area contributed by atoms with Crippen molar-refractivity contribution in [3.05, 3.63) is 138 Å². The number of carbonyl (C=O) groups is 1. The molecule has 0 amide bonds. The van der Waals surface area contributed by atoms with Crippen LogP contribution in [-0.4, -0.2) is 66.1 Å². The maximum atomic E-state index is 12.9. The molecule has 1 aliphatic rings. The molecule has 4 aromatic carbocycles. The number of para-hydroxylation sites is 1. The van der Waals surface area contributed by atoms with Gasteiger partial charge in [-0.3, -0.25) is 14.6 Å². The molecule has 40 heavy (non-hydrogen) atoms. The third-order valence-electron chi connectivity index (χ3n) is 7.57. The minimum absolute atomic E-state index is 0.0523. The average Bonchev–Trinajstić information content (AvgIpc) is 3.01. The van der Waals surface area contributed by atoms with E-state index in [1.807, 2.05) is 54.6 Å². The highest BCUT2D eigenvalue weighted by atomic mass is 16.5. The molecule has 1 N–H and O–H groups in total. The van der Waals surface area contributed by atoms with Crippen molar-refractivity contribution < 1.29 is 14.6 Å². The summed E-state index contributed by atoms with van der Waals surface area (Å²) >= 11 is 0. The third kappa shape index (κ3) is 7.45. The molecule has 1 fully saturated rings. The van der Waals surface area contributed by atoms with Gasteiger partial charge in [-0.2, -0.15) is 0 Å². The highest BCUT2D eigenvalue weighted by molar-refractivity contribution is 5.98. The van der Waals surface area contributed by atoms with Crippen LogP contribution in [0.4, 0.5) is 0 Å². The predicted octanol–water partition coefficient (Wildman–Crippen LogP) is 5.65. The lowest BCUT2D eigenvalue weighted by molar-refractivity contribution is 0.0398. The van der Waals surface area contributed by atoms with Gasteiger partial charge in [-0.1, -0.05) is 103 Å². The number of aryl methyl sites for hydroxylation is 1. The largest absolute Gasteiger partial charge is 0.490 e. The van der Waals surface area contributed by atoms with Gasteiger partial charge in [0.05, 0.1) is 11.6 Å². The molecule has 1 atom stereocenters. The summed E-state index contributed by atoms with van der Waals surface area (Å²) in [5.41, 5.74) is 4.32. The fraction of sp³-hybridized carbons (Fsp3) is 0.286. The highest BCUT2D eigenvalue weighted by Crippen LogP contribution is 2.29. The summed E-state index contributed by atoms with van der Waals surface area (Å²) < 4.78 is 5.98. The van der Waals surface area contributed by atoms with E-state index in [4.69, 9.17) is 4.74 Å². The van der Waals surface area contributed by atoms with Crippen molar-refractivity contribution in [2.45, 2.75) is 25.0 Å². The van der Waals surface area contributed by atoms with E-state index in [1.54, 1.807) is 0 Å². The normalized spacial score (nSPS) is 15.2. The molecule has 1 heterocycles. The van der Waals surface area contributed by atoms with Gasteiger partial charge in [-0.25, -0.2) is 0 Å². The first-order valence-corrected chi connectivity index (χ1v) is 14.2. The van der Waals surface area contributed by atoms with E-state index in [1.165, 1.54) is 11.1 Å². The van der Waals surface area contributed by atoms with E-state index in [0.717, 1.165) is 31.7 Å². The zero-order chi connectivity index (χ0) is 27.6. The molecule has 0 bridgehead atoms. The molecule has 5 heteroatoms. The molecule has 0 aromatic heterocycles. The number of benzene rings is 4. The summed E-state index contributed by atoms with van der Waals surface area (Å²) in [6.07, 6.45) is 0.473. The summed E-state index contributed by atoms with van der Waals surface area (Å²) in [5.74, 6) is 0.592. The molecule has 0 aliphatic carbocycles. The number of nitrogens with zero attached hydrogens (tertiary/aromatic N) is 2. The number of β-amino-alcohol motifs (C(OH)–C–C–N with tert-alkyl or cyclic N) is 1. The summed E-state index contributed by atoms with van der Waals surface area (Å²) in [6, 6.07) is 38.9. The van der Waals surface area contributed by atoms with E-state index in [0.29, 0.717) is 30.7 Å². The smallest absolute Gasteiger partial charge is 0.166 e. The van der Waals surface area contributed by atoms with Crippen LogP contribution in [0.5, 0.6) is 5.75 Å². The maximum Gasteiger partial charge on any atom is 0.166 e. The lowest BCUT2D eigenvalue weighted by atomic mass is 9.96. The van der Waals surface area contributed by atoms with Crippen LogP contribution in [0.2, 0.25) is 0 Å². The average molecular weight is 535 g/mol. The SMILES string of the molecule is O=C(CCc1ccccc1)c1ccccc1OCC(O)CN1CCN(C(c2ccccc2)c2ccccc2)CC1. The van der Waals surface area contributed by atoms with Crippen LogP contribution in [0.15, 0.2) is 115 Å². The number of aliphatic hydroxyl groups excluding tert-OH is 1. The van der Waals surface area contributed by atoms with Crippen molar-refractivity contribution >= 4 is 5.78 Å². The molecular weight excluding hydrogens is 496 g/mol. The molecule has 1 saturated heterocycles. The van der Waals surface area contributed by atoms with E-state index >= 15 is 0 Å². The molecule has 0 saturated carbocycles. The molecule has 0 spiro atoms. The summed E-state index contributed by atoms with van der Waals surface area (Å²) in [4.78, 5) is 17.8. The fourth-order valence-electron chi connectivity index (χ4n) is 5.49. The van der Waals surface area contributed by atoms with Gasteiger partial charge in [0.2, 0.25) is 0 Å². The Labute approximate surface area is 237 Å². The molecule has 1 aliphatic heterocycles. The topological polar surface area (TPSA) is 53.0 Å². The van der Waals surface area contributed by atoms with Crippen molar-refractivity contribution in [1.82, 2.24) is 9.80 Å². The zero-order valence-corrected chi connectivity index (χ0v) is 22.9. The fourth-order valence-corrected chi connectivity index (χ4v) is 5.49. The molecule has 4 aromatic rings. The number of ketones is 1. The lowest BCUT2D eigenvalue weighted by Crippen LogP contribution is -2.50. The van der Waals surface area contributed by atoms with Crippen molar-refractivity contribution in [2.24, 2.45) is 0 Å². The first kappa shape index (κ1) is 27.8. The summed E-state index contributed by atoms with van der Waals surface area (Å²) in [7, 11) is 0. The molecule has 5 rings (SSSR count). The Hall–Kier alpha value is -3.77. The van der Waals surface area contributed by atoms with Gasteiger partial charge in [-0.05, 0) is 35.2 Å². The highest BCUT2D eigenvalue weighted by Gasteiger charge is 2.27. The van der Waals surface area contributed by atoms with E-state index < -0.39 is 6.10 Å². The van der Waals surface area contributed by atoms with Gasteiger partial charge in [0.15, 0.2) is 5.78 Å². The molecular formula is C35H38N2O3. The number of hydrogen-bond donors (Lipinski definition) is 1. The summed E-state index contributed by atoms with van der Waals surface area (Å²) in [6.45, 7) is 4.28. The number of hydrogen-bond acceptors (Lipinski definition) is 5. The van der Waals surface area contributed by atoms with E-state index in [9.17, 15) is 9.90 Å². The lowest BCUT2D eigenvalue weighted by Gasteiger charge is -2.40. The van der Waals surface area contributed by atoms with Gasteiger partial charge in [0, 0.05) is 39.1 Å². The van der Waals surface area contributed by atoms with Crippen LogP contribution in [0.25, 0.3) is 0 Å². The Bertz CT molecular complexity index is 1280. The monoisotopic (exact) mass is 534 g/mol. The number of rotatable bonds is 12. The van der Waals surface area contributed by atoms with Crippen molar-refractivity contribution in [1.29, 1.82) is 0 Å². The molecule has 206 valence electrons. The van der Waals surface area contributed by atoms with Crippen LogP contribution in [0, 0.1) is 0 Å². The molecule has 1 unspecified atom stereocenters. The van der Waals surface area contributed by atoms with Crippen molar-refractivity contribution in [3.8, 4) is 5.75 Å². The second-order valence-corrected chi connectivity index (χ2v) is 10.4. The van der Waals surface area contributed by atoms with Gasteiger partial charge in [0.25, 0.3) is 0 Å². The van der Waals surface area contributed by atoms with Gasteiger partial charge in [-0.15, -0.1) is 0 Å². The zero-order valence-electron chi connectivity index (χ0n) is 22.9. The van der Waals surface area contributed by atoms with E-state index in [2.05, 4.69) is 70.5 Å². The first-order chi connectivity index (χ1) is 19.7. The standard InChI is InChI=1S/C35H38N2O3/c38-31(27-40-34-19-11-10-18-32(34)33(39)21-20-28-12-4-1-5-13-28)26-36-22-24-37(25-23-36)35(29-14-6-2-7-15-29)30-16-8-3-9-17-30/h1-19,31,35,38H,20-27H2. The minimum atomic E-state index is -0.641. The van der Waals surface area contributed by atoms with Crippen LogP contribution in [-0.2, 0) is 6.42 Å². The van der Waals surface area contributed by atoms with Gasteiger partial charge in [0.1, 0.15) is 18.5 Å². The minimum Gasteiger partial charge on any atom is -0.490 e. The van der Waals surface area contributed by atoms with Crippen molar-refractivity contribution in [2.75, 3.05) is 39.3 Å². The van der Waals surface area contributed by atoms with Crippen LogP contribution < -0.4 is 4.74 Å². The van der Waals surface area contributed by atoms with Crippen molar-refractivity contribution in [3.63, 3.8) is 0 Å². The number of ether oxygens (including phenoxy) is 1. The number of piperazine rings is 1. The first-order valence-electron chi connectivity index (χ1n) is 14.2. The molecule has 5 nitrogen and oxygen atoms in total. The van der Waals surface area contributed by atoms with Gasteiger partial charge < -0.3 is 9.84 Å². The second-order valence-electron chi connectivity index (χ2n) is 10.4.